The molecule has 0 fully saturated rings. The number of hydrogen-bond donors (Lipinski definition) is 0. The number of benzene rings is 2. The second kappa shape index (κ2) is 6.43. The molecule has 0 radical (unpaired) electrons. The van der Waals surface area contributed by atoms with E-state index in [1.54, 1.807) is 12.1 Å². The lowest BCUT2D eigenvalue weighted by Gasteiger charge is -2.16. The first-order valence-corrected chi connectivity index (χ1v) is 7.21. The van der Waals surface area contributed by atoms with Crippen LogP contribution in [0.4, 0.5) is 8.78 Å². The first-order valence-electron chi connectivity index (χ1n) is 6.29. The van der Waals surface area contributed by atoms with Crippen LogP contribution >= 0.6 is 15.9 Å². The minimum atomic E-state index is -0.614. The fraction of sp³-hybridized carbons (Fsp3) is 0.250. The van der Waals surface area contributed by atoms with Crippen molar-refractivity contribution in [2.24, 2.45) is 0 Å². The van der Waals surface area contributed by atoms with Crippen LogP contribution in [0.15, 0.2) is 30.3 Å². The van der Waals surface area contributed by atoms with Crippen LogP contribution < -0.4 is 9.47 Å². The molecule has 2 aromatic rings. The summed E-state index contributed by atoms with van der Waals surface area (Å²) in [7, 11) is 2.90. The number of alkyl halides is 1. The van der Waals surface area contributed by atoms with Crippen molar-refractivity contribution in [2.75, 3.05) is 14.2 Å². The van der Waals surface area contributed by atoms with Crippen molar-refractivity contribution in [1.29, 1.82) is 0 Å². The summed E-state index contributed by atoms with van der Waals surface area (Å²) >= 11 is 3.36. The molecule has 2 rings (SSSR count). The molecule has 0 aromatic heterocycles. The van der Waals surface area contributed by atoms with E-state index in [4.69, 9.17) is 9.47 Å². The molecule has 0 saturated carbocycles. The molecule has 5 heteroatoms. The molecule has 0 aliphatic heterocycles. The average molecular weight is 357 g/mol. The maximum atomic E-state index is 14.2. The molecule has 112 valence electrons. The molecular formula is C16H15BrF2O2. The summed E-state index contributed by atoms with van der Waals surface area (Å²) in [5.74, 6) is -0.193. The lowest BCUT2D eigenvalue weighted by molar-refractivity contribution is 0.351. The predicted molar refractivity (Wildman–Crippen MR) is 81.4 cm³/mol. The molecule has 0 bridgehead atoms. The van der Waals surface area contributed by atoms with Gasteiger partial charge in [0.25, 0.3) is 0 Å². The Labute approximate surface area is 130 Å². The number of methoxy groups -OCH3 is 2. The molecule has 21 heavy (non-hydrogen) atoms. The smallest absolute Gasteiger partial charge is 0.163 e. The normalized spacial score (nSPS) is 12.1. The van der Waals surface area contributed by atoms with E-state index in [2.05, 4.69) is 15.9 Å². The van der Waals surface area contributed by atoms with Gasteiger partial charge in [0.05, 0.1) is 19.0 Å². The van der Waals surface area contributed by atoms with Gasteiger partial charge >= 0.3 is 0 Å². The van der Waals surface area contributed by atoms with Crippen LogP contribution in [0.1, 0.15) is 21.5 Å². The summed E-state index contributed by atoms with van der Waals surface area (Å²) in [6, 6.07) is 7.47. The Morgan fingerprint density at radius 2 is 1.48 bits per heavy atom. The Hall–Kier alpha value is -1.62. The van der Waals surface area contributed by atoms with E-state index in [0.717, 1.165) is 5.56 Å². The molecule has 0 aliphatic rings. The lowest BCUT2D eigenvalue weighted by atomic mass is 10.0. The highest BCUT2D eigenvalue weighted by molar-refractivity contribution is 9.09. The highest BCUT2D eigenvalue weighted by Crippen LogP contribution is 2.39. The van der Waals surface area contributed by atoms with Crippen molar-refractivity contribution in [2.45, 2.75) is 11.8 Å². The maximum Gasteiger partial charge on any atom is 0.163 e. The standard InChI is InChI=1S/C16H15BrF2O2/c1-9-4-5-12(18)10(6-9)16(17)11-7-14(20-2)15(21-3)8-13(11)19/h4-8,16H,1-3H3. The van der Waals surface area contributed by atoms with E-state index in [-0.39, 0.29) is 5.56 Å². The number of hydrogen-bond acceptors (Lipinski definition) is 2. The van der Waals surface area contributed by atoms with Crippen molar-refractivity contribution < 1.29 is 18.3 Å². The van der Waals surface area contributed by atoms with Gasteiger partial charge in [-0.05, 0) is 19.1 Å². The predicted octanol–water partition coefficient (Wildman–Crippen LogP) is 4.77. The third-order valence-corrected chi connectivity index (χ3v) is 4.19. The topological polar surface area (TPSA) is 18.5 Å². The molecule has 0 amide bonds. The molecule has 1 unspecified atom stereocenters. The van der Waals surface area contributed by atoms with Gasteiger partial charge < -0.3 is 9.47 Å². The molecule has 0 saturated heterocycles. The van der Waals surface area contributed by atoms with E-state index in [0.29, 0.717) is 17.1 Å². The van der Waals surface area contributed by atoms with Gasteiger partial charge in [-0.15, -0.1) is 0 Å². The van der Waals surface area contributed by atoms with Crippen molar-refractivity contribution in [3.63, 3.8) is 0 Å². The van der Waals surface area contributed by atoms with E-state index in [1.807, 2.05) is 6.92 Å². The SMILES string of the molecule is COc1cc(F)c(C(Br)c2cc(C)ccc2F)cc1OC. The zero-order valence-electron chi connectivity index (χ0n) is 11.9. The molecular weight excluding hydrogens is 342 g/mol. The molecule has 0 N–H and O–H groups in total. The first-order chi connectivity index (χ1) is 9.97. The molecule has 1 atom stereocenters. The highest BCUT2D eigenvalue weighted by atomic mass is 79.9. The number of ether oxygens (including phenoxy) is 2. The van der Waals surface area contributed by atoms with Gasteiger partial charge in [0.2, 0.25) is 0 Å². The van der Waals surface area contributed by atoms with Crippen LogP contribution in [0.25, 0.3) is 0 Å². The zero-order chi connectivity index (χ0) is 15.6. The molecule has 0 aliphatic carbocycles. The number of halogens is 3. The summed E-state index contributed by atoms with van der Waals surface area (Å²) < 4.78 is 38.4. The van der Waals surface area contributed by atoms with Gasteiger partial charge in [0.15, 0.2) is 11.5 Å². The Bertz CT molecular complexity index is 659. The van der Waals surface area contributed by atoms with E-state index < -0.39 is 16.5 Å². The van der Waals surface area contributed by atoms with Crippen LogP contribution in [-0.4, -0.2) is 14.2 Å². The summed E-state index contributed by atoms with van der Waals surface area (Å²) in [6.07, 6.45) is 0. The summed E-state index contributed by atoms with van der Waals surface area (Å²) in [6.45, 7) is 1.85. The van der Waals surface area contributed by atoms with Gasteiger partial charge in [0.1, 0.15) is 11.6 Å². The largest absolute Gasteiger partial charge is 0.493 e. The Kier molecular flexibility index (Phi) is 4.83. The Balaban J connectivity index is 2.52. The van der Waals surface area contributed by atoms with Gasteiger partial charge in [0, 0.05) is 17.2 Å². The summed E-state index contributed by atoms with van der Waals surface area (Å²) in [5.41, 5.74) is 1.56. The van der Waals surface area contributed by atoms with Crippen molar-refractivity contribution in [3.05, 3.63) is 58.7 Å². The van der Waals surface area contributed by atoms with E-state index in [1.165, 1.54) is 32.4 Å². The summed E-state index contributed by atoms with van der Waals surface area (Å²) in [5, 5.41) is 0. The van der Waals surface area contributed by atoms with E-state index in [9.17, 15) is 8.78 Å². The lowest BCUT2D eigenvalue weighted by Crippen LogP contribution is -2.02. The third-order valence-electron chi connectivity index (χ3n) is 3.20. The second-order valence-electron chi connectivity index (χ2n) is 4.62. The minimum absolute atomic E-state index is 0.289. The van der Waals surface area contributed by atoms with Crippen LogP contribution in [-0.2, 0) is 0 Å². The molecule has 0 heterocycles. The molecule has 2 nitrogen and oxygen atoms in total. The van der Waals surface area contributed by atoms with Gasteiger partial charge in [-0.3, -0.25) is 0 Å². The van der Waals surface area contributed by atoms with Crippen LogP contribution in [0.5, 0.6) is 11.5 Å². The quantitative estimate of drug-likeness (QED) is 0.734. The fourth-order valence-corrected chi connectivity index (χ4v) is 2.79. The van der Waals surface area contributed by atoms with Crippen molar-refractivity contribution in [3.8, 4) is 11.5 Å². The van der Waals surface area contributed by atoms with Gasteiger partial charge in [-0.1, -0.05) is 33.6 Å². The Morgan fingerprint density at radius 3 is 2.10 bits per heavy atom. The minimum Gasteiger partial charge on any atom is -0.493 e. The number of aryl methyl sites for hydroxylation is 1. The molecule has 2 aromatic carbocycles. The van der Waals surface area contributed by atoms with E-state index >= 15 is 0 Å². The van der Waals surface area contributed by atoms with Crippen LogP contribution in [0.3, 0.4) is 0 Å². The van der Waals surface area contributed by atoms with Gasteiger partial charge in [-0.25, -0.2) is 8.78 Å². The zero-order valence-corrected chi connectivity index (χ0v) is 13.5. The second-order valence-corrected chi connectivity index (χ2v) is 5.53. The monoisotopic (exact) mass is 356 g/mol. The molecule has 0 spiro atoms. The Morgan fingerprint density at radius 1 is 0.905 bits per heavy atom. The first kappa shape index (κ1) is 15.8. The van der Waals surface area contributed by atoms with Crippen molar-refractivity contribution >= 4 is 15.9 Å². The van der Waals surface area contributed by atoms with Crippen LogP contribution in [0, 0.1) is 18.6 Å². The maximum absolute atomic E-state index is 14.2. The average Bonchev–Trinajstić information content (AvgIpc) is 2.48. The van der Waals surface area contributed by atoms with Crippen molar-refractivity contribution in [1.82, 2.24) is 0 Å². The number of rotatable bonds is 4. The highest BCUT2D eigenvalue weighted by Gasteiger charge is 2.21. The third kappa shape index (κ3) is 3.18. The van der Waals surface area contributed by atoms with Crippen LogP contribution in [0.2, 0.25) is 0 Å². The van der Waals surface area contributed by atoms with Gasteiger partial charge in [-0.2, -0.15) is 0 Å². The fourth-order valence-electron chi connectivity index (χ4n) is 2.09. The summed E-state index contributed by atoms with van der Waals surface area (Å²) in [4.78, 5) is -0.614.